The molecule has 0 aromatic carbocycles. The molecule has 0 saturated heterocycles. The molecule has 1 aromatic rings. The number of carbonyl (C=O) groups excluding carboxylic acids is 1. The Bertz CT molecular complexity index is 527. The van der Waals surface area contributed by atoms with Crippen LogP contribution < -0.4 is 5.32 Å². The lowest BCUT2D eigenvalue weighted by atomic mass is 10.2. The molecular formula is C14H21N3O3S. The van der Waals surface area contributed by atoms with Gasteiger partial charge in [0.1, 0.15) is 11.4 Å². The van der Waals surface area contributed by atoms with Crippen LogP contribution in [0.2, 0.25) is 0 Å². The molecule has 0 bridgehead atoms. The van der Waals surface area contributed by atoms with E-state index in [0.29, 0.717) is 28.7 Å². The topological polar surface area (TPSA) is 73.3 Å². The minimum atomic E-state index is -0.547. The quantitative estimate of drug-likeness (QED) is 0.861. The van der Waals surface area contributed by atoms with Gasteiger partial charge in [-0.3, -0.25) is 0 Å². The first-order valence-corrected chi connectivity index (χ1v) is 7.10. The largest absolute Gasteiger partial charge is 0.483 e. The number of nitrogens with one attached hydrogen (secondary N) is 1. The summed E-state index contributed by atoms with van der Waals surface area (Å²) in [5, 5.41) is 2.97. The van der Waals surface area contributed by atoms with E-state index in [1.54, 1.807) is 33.9 Å². The normalized spacial score (nSPS) is 10.9. The lowest BCUT2D eigenvalue weighted by Crippen LogP contribution is -2.32. The molecule has 0 saturated carbocycles. The minimum absolute atomic E-state index is 0.195. The second-order valence-electron chi connectivity index (χ2n) is 5.35. The molecule has 1 rings (SSSR count). The van der Waals surface area contributed by atoms with Crippen molar-refractivity contribution in [1.29, 1.82) is 0 Å². The fourth-order valence-electron chi connectivity index (χ4n) is 1.50. The number of hydrogen-bond acceptors (Lipinski definition) is 6. The second kappa shape index (κ2) is 7.31. The van der Waals surface area contributed by atoms with Crippen molar-refractivity contribution in [1.82, 2.24) is 15.3 Å². The number of ether oxygens (including phenoxy) is 2. The highest BCUT2D eigenvalue weighted by molar-refractivity contribution is 7.80. The van der Waals surface area contributed by atoms with Crippen LogP contribution in [0.25, 0.3) is 0 Å². The summed E-state index contributed by atoms with van der Waals surface area (Å²) in [6.45, 7) is 9.68. The first kappa shape index (κ1) is 17.3. The smallest absolute Gasteiger partial charge is 0.407 e. The maximum atomic E-state index is 11.7. The zero-order valence-electron chi connectivity index (χ0n) is 13.0. The Morgan fingerprint density at radius 3 is 2.67 bits per heavy atom. The lowest BCUT2D eigenvalue weighted by molar-refractivity contribution is 0.0522. The standard InChI is InChI=1S/C14H21N3O3S/c1-6-19-12(21)10-7-15-9(2)17-11(10)8-16-13(18)20-14(3,4)5/h7H,6,8H2,1-5H3,(H,16,18). The van der Waals surface area contributed by atoms with Crippen molar-refractivity contribution in [3.8, 4) is 0 Å². The van der Waals surface area contributed by atoms with Crippen LogP contribution in [-0.4, -0.2) is 33.3 Å². The van der Waals surface area contributed by atoms with E-state index < -0.39 is 11.7 Å². The Balaban J connectivity index is 2.80. The second-order valence-corrected chi connectivity index (χ2v) is 5.72. The number of alkyl carbamates (subject to hydrolysis) is 1. The molecule has 0 unspecified atom stereocenters. The molecule has 0 fully saturated rings. The molecule has 1 N–H and O–H groups in total. The summed E-state index contributed by atoms with van der Waals surface area (Å²) < 4.78 is 10.5. The fraction of sp³-hybridized carbons (Fsp3) is 0.571. The van der Waals surface area contributed by atoms with E-state index >= 15 is 0 Å². The van der Waals surface area contributed by atoms with E-state index in [9.17, 15) is 4.79 Å². The zero-order valence-corrected chi connectivity index (χ0v) is 13.8. The SMILES string of the molecule is CCOC(=S)c1cnc(C)nc1CNC(=O)OC(C)(C)C. The number of aryl methyl sites for hydroxylation is 1. The van der Waals surface area contributed by atoms with Crippen LogP contribution in [-0.2, 0) is 16.0 Å². The van der Waals surface area contributed by atoms with Gasteiger partial charge in [0.05, 0.1) is 24.4 Å². The Kier molecular flexibility index (Phi) is 6.02. The van der Waals surface area contributed by atoms with Gasteiger partial charge in [-0.05, 0) is 46.8 Å². The van der Waals surface area contributed by atoms with Crippen molar-refractivity contribution < 1.29 is 14.3 Å². The molecule has 21 heavy (non-hydrogen) atoms. The summed E-state index contributed by atoms with van der Waals surface area (Å²) in [5.74, 6) is 0.596. The average Bonchev–Trinajstić information content (AvgIpc) is 2.34. The number of aromatic nitrogens is 2. The van der Waals surface area contributed by atoms with E-state index in [-0.39, 0.29) is 6.54 Å². The van der Waals surface area contributed by atoms with Gasteiger partial charge in [-0.1, -0.05) is 0 Å². The predicted molar refractivity (Wildman–Crippen MR) is 83.2 cm³/mol. The maximum absolute atomic E-state index is 11.7. The third-order valence-electron chi connectivity index (χ3n) is 2.28. The Labute approximate surface area is 130 Å². The van der Waals surface area contributed by atoms with Gasteiger partial charge >= 0.3 is 6.09 Å². The van der Waals surface area contributed by atoms with E-state index in [1.807, 2.05) is 6.92 Å². The van der Waals surface area contributed by atoms with Crippen LogP contribution in [0.5, 0.6) is 0 Å². The molecule has 0 aliphatic heterocycles. The van der Waals surface area contributed by atoms with Crippen LogP contribution in [0.15, 0.2) is 6.20 Å². The molecule has 0 radical (unpaired) electrons. The van der Waals surface area contributed by atoms with Crippen molar-refractivity contribution in [3.63, 3.8) is 0 Å². The molecule has 116 valence electrons. The summed E-state index contributed by atoms with van der Waals surface area (Å²) in [7, 11) is 0. The number of nitrogens with zero attached hydrogens (tertiary/aromatic N) is 2. The van der Waals surface area contributed by atoms with Gasteiger partial charge < -0.3 is 14.8 Å². The van der Waals surface area contributed by atoms with E-state index in [4.69, 9.17) is 21.7 Å². The zero-order chi connectivity index (χ0) is 16.0. The number of thiocarbonyl (C=S) groups is 1. The highest BCUT2D eigenvalue weighted by atomic mass is 32.1. The molecule has 1 heterocycles. The Hall–Kier alpha value is -1.76. The van der Waals surface area contributed by atoms with Crippen LogP contribution in [0.3, 0.4) is 0 Å². The van der Waals surface area contributed by atoms with Crippen LogP contribution in [0.4, 0.5) is 4.79 Å². The first-order chi connectivity index (χ1) is 9.73. The van der Waals surface area contributed by atoms with Gasteiger partial charge in [0.15, 0.2) is 5.05 Å². The number of hydrogen-bond donors (Lipinski definition) is 1. The molecule has 1 amide bonds. The molecule has 7 heteroatoms. The highest BCUT2D eigenvalue weighted by Gasteiger charge is 2.17. The highest BCUT2D eigenvalue weighted by Crippen LogP contribution is 2.10. The minimum Gasteiger partial charge on any atom is -0.483 e. The van der Waals surface area contributed by atoms with Gasteiger partial charge in [0.2, 0.25) is 0 Å². The van der Waals surface area contributed by atoms with Crippen molar-refractivity contribution in [2.45, 2.75) is 46.8 Å². The van der Waals surface area contributed by atoms with E-state index in [1.165, 1.54) is 0 Å². The third kappa shape index (κ3) is 6.03. The molecule has 0 spiro atoms. The van der Waals surface area contributed by atoms with Crippen LogP contribution in [0.1, 0.15) is 44.8 Å². The Morgan fingerprint density at radius 2 is 2.10 bits per heavy atom. The lowest BCUT2D eigenvalue weighted by Gasteiger charge is -2.20. The molecule has 0 aliphatic carbocycles. The summed E-state index contributed by atoms with van der Waals surface area (Å²) in [6, 6.07) is 0. The summed E-state index contributed by atoms with van der Waals surface area (Å²) in [4.78, 5) is 20.1. The summed E-state index contributed by atoms with van der Waals surface area (Å²) in [6.07, 6.45) is 1.10. The van der Waals surface area contributed by atoms with Crippen molar-refractivity contribution in [3.05, 3.63) is 23.3 Å². The summed E-state index contributed by atoms with van der Waals surface area (Å²) in [5.41, 5.74) is 0.662. The van der Waals surface area contributed by atoms with Crippen molar-refractivity contribution in [2.75, 3.05) is 6.61 Å². The molecule has 6 nitrogen and oxygen atoms in total. The van der Waals surface area contributed by atoms with Gasteiger partial charge in [0, 0.05) is 6.20 Å². The Morgan fingerprint density at radius 1 is 1.43 bits per heavy atom. The molecular weight excluding hydrogens is 290 g/mol. The molecule has 0 atom stereocenters. The monoisotopic (exact) mass is 311 g/mol. The average molecular weight is 311 g/mol. The number of carbonyl (C=O) groups is 1. The van der Waals surface area contributed by atoms with Crippen molar-refractivity contribution in [2.24, 2.45) is 0 Å². The van der Waals surface area contributed by atoms with Crippen LogP contribution >= 0.6 is 12.2 Å². The van der Waals surface area contributed by atoms with Crippen LogP contribution in [0, 0.1) is 6.92 Å². The van der Waals surface area contributed by atoms with Gasteiger partial charge in [-0.2, -0.15) is 0 Å². The first-order valence-electron chi connectivity index (χ1n) is 6.69. The van der Waals surface area contributed by atoms with E-state index in [2.05, 4.69) is 15.3 Å². The molecule has 1 aromatic heterocycles. The number of amides is 1. The number of rotatable bonds is 4. The predicted octanol–water partition coefficient (Wildman–Crippen LogP) is 2.52. The fourth-order valence-corrected chi connectivity index (χ4v) is 1.79. The van der Waals surface area contributed by atoms with Gasteiger partial charge in [0.25, 0.3) is 0 Å². The van der Waals surface area contributed by atoms with Gasteiger partial charge in [-0.15, -0.1) is 0 Å². The van der Waals surface area contributed by atoms with Gasteiger partial charge in [-0.25, -0.2) is 14.8 Å². The maximum Gasteiger partial charge on any atom is 0.407 e. The molecule has 0 aliphatic rings. The summed E-state index contributed by atoms with van der Waals surface area (Å²) >= 11 is 5.17. The third-order valence-corrected chi connectivity index (χ3v) is 2.62. The van der Waals surface area contributed by atoms with Crippen molar-refractivity contribution >= 4 is 23.4 Å². The van der Waals surface area contributed by atoms with E-state index in [0.717, 1.165) is 0 Å².